The molecule has 2 N–H and O–H groups in total. The van der Waals surface area contributed by atoms with E-state index in [1.54, 1.807) is 0 Å². The first kappa shape index (κ1) is 17.5. The molecule has 1 aromatic heterocycles. The van der Waals surface area contributed by atoms with Crippen molar-refractivity contribution in [3.05, 3.63) is 53.7 Å². The number of hydrogen-bond acceptors (Lipinski definition) is 3. The Balaban J connectivity index is 2.11. The molecule has 0 unspecified atom stereocenters. The summed E-state index contributed by atoms with van der Waals surface area (Å²) in [6.07, 6.45) is -3.58. The molecular formula is C16H14F3N3O2. The van der Waals surface area contributed by atoms with E-state index in [0.29, 0.717) is 5.69 Å². The minimum Gasteiger partial charge on any atom is -0.326 e. The summed E-state index contributed by atoms with van der Waals surface area (Å²) in [7, 11) is 0. The maximum Gasteiger partial charge on any atom is 0.416 e. The van der Waals surface area contributed by atoms with Crippen molar-refractivity contribution in [3.63, 3.8) is 0 Å². The number of hydrogen-bond donors (Lipinski definition) is 2. The Kier molecular flexibility index (Phi) is 5.18. The van der Waals surface area contributed by atoms with Crippen LogP contribution >= 0.6 is 0 Å². The predicted octanol–water partition coefficient (Wildman–Crippen LogP) is 3.24. The first-order valence-electron chi connectivity index (χ1n) is 6.94. The van der Waals surface area contributed by atoms with E-state index < -0.39 is 24.1 Å². The van der Waals surface area contributed by atoms with Crippen LogP contribution in [0, 0.1) is 0 Å². The minimum atomic E-state index is -4.52. The van der Waals surface area contributed by atoms with E-state index in [0.717, 1.165) is 6.07 Å². The lowest BCUT2D eigenvalue weighted by atomic mass is 10.0. The van der Waals surface area contributed by atoms with Gasteiger partial charge < -0.3 is 10.6 Å². The van der Waals surface area contributed by atoms with Crippen molar-refractivity contribution in [2.45, 2.75) is 19.5 Å². The molecule has 0 radical (unpaired) electrons. The Hall–Kier alpha value is -2.90. The fraction of sp³-hybridized carbons (Fsp3) is 0.188. The molecule has 1 aromatic carbocycles. The molecule has 0 aliphatic rings. The maximum absolute atomic E-state index is 12.9. The van der Waals surface area contributed by atoms with Crippen LogP contribution in [-0.2, 0) is 22.2 Å². The first-order valence-corrected chi connectivity index (χ1v) is 6.94. The molecule has 0 atom stereocenters. The zero-order valence-electron chi connectivity index (χ0n) is 12.6. The van der Waals surface area contributed by atoms with Gasteiger partial charge in [0.15, 0.2) is 0 Å². The van der Waals surface area contributed by atoms with Crippen LogP contribution in [0.5, 0.6) is 0 Å². The van der Waals surface area contributed by atoms with Crippen LogP contribution in [0.15, 0.2) is 42.6 Å². The molecule has 8 heteroatoms. The highest BCUT2D eigenvalue weighted by Crippen LogP contribution is 2.32. The predicted molar refractivity (Wildman–Crippen MR) is 82.3 cm³/mol. The topological polar surface area (TPSA) is 71.1 Å². The number of nitrogens with one attached hydrogen (secondary N) is 2. The number of rotatable bonds is 4. The Labute approximate surface area is 135 Å². The van der Waals surface area contributed by atoms with Gasteiger partial charge in [-0.1, -0.05) is 18.2 Å². The number of pyridine rings is 1. The van der Waals surface area contributed by atoms with Gasteiger partial charge in [-0.15, -0.1) is 0 Å². The molecule has 0 aliphatic carbocycles. The SMILES string of the molecule is CC(=O)Nc1cc(NC(=O)Cc2ccccc2C(F)(F)F)ccn1. The van der Waals surface area contributed by atoms with Gasteiger partial charge in [-0.2, -0.15) is 13.2 Å². The molecule has 24 heavy (non-hydrogen) atoms. The summed E-state index contributed by atoms with van der Waals surface area (Å²) in [4.78, 5) is 26.9. The van der Waals surface area contributed by atoms with Gasteiger partial charge in [0.25, 0.3) is 0 Å². The maximum atomic E-state index is 12.9. The van der Waals surface area contributed by atoms with Crippen LogP contribution in [0.2, 0.25) is 0 Å². The second-order valence-corrected chi connectivity index (χ2v) is 4.99. The lowest BCUT2D eigenvalue weighted by Gasteiger charge is -2.12. The van der Waals surface area contributed by atoms with E-state index in [9.17, 15) is 22.8 Å². The third kappa shape index (κ3) is 4.80. The largest absolute Gasteiger partial charge is 0.416 e. The number of halogens is 3. The number of carbonyl (C=O) groups excluding carboxylic acids is 2. The number of benzene rings is 1. The van der Waals surface area contributed by atoms with E-state index >= 15 is 0 Å². The van der Waals surface area contributed by atoms with Crippen LogP contribution in [0.3, 0.4) is 0 Å². The molecule has 1 heterocycles. The summed E-state index contributed by atoms with van der Waals surface area (Å²) in [5.41, 5.74) is -0.629. The highest BCUT2D eigenvalue weighted by molar-refractivity contribution is 5.93. The molecule has 2 aromatic rings. The fourth-order valence-electron chi connectivity index (χ4n) is 2.09. The third-order valence-electron chi connectivity index (χ3n) is 3.02. The van der Waals surface area contributed by atoms with E-state index in [-0.39, 0.29) is 17.3 Å². The quantitative estimate of drug-likeness (QED) is 0.900. The number of amides is 2. The highest BCUT2D eigenvalue weighted by Gasteiger charge is 2.33. The van der Waals surface area contributed by atoms with Crippen molar-refractivity contribution in [3.8, 4) is 0 Å². The Bertz CT molecular complexity index is 760. The molecule has 5 nitrogen and oxygen atoms in total. The molecule has 0 saturated heterocycles. The molecule has 2 amide bonds. The molecule has 0 saturated carbocycles. The van der Waals surface area contributed by atoms with E-state index in [1.807, 2.05) is 0 Å². The summed E-state index contributed by atoms with van der Waals surface area (Å²) < 4.78 is 38.8. The van der Waals surface area contributed by atoms with Crippen molar-refractivity contribution in [1.29, 1.82) is 0 Å². The Morgan fingerprint density at radius 2 is 1.83 bits per heavy atom. The van der Waals surface area contributed by atoms with Crippen molar-refractivity contribution < 1.29 is 22.8 Å². The Morgan fingerprint density at radius 3 is 2.50 bits per heavy atom. The van der Waals surface area contributed by atoms with Gasteiger partial charge in [-0.25, -0.2) is 4.98 Å². The summed E-state index contributed by atoms with van der Waals surface area (Å²) in [6.45, 7) is 1.31. The lowest BCUT2D eigenvalue weighted by molar-refractivity contribution is -0.138. The van der Waals surface area contributed by atoms with E-state index in [2.05, 4.69) is 15.6 Å². The molecule has 0 aliphatic heterocycles. The normalized spacial score (nSPS) is 11.0. The molecule has 0 spiro atoms. The van der Waals surface area contributed by atoms with Crippen LogP contribution in [-0.4, -0.2) is 16.8 Å². The number of nitrogens with zero attached hydrogens (tertiary/aromatic N) is 1. The van der Waals surface area contributed by atoms with Gasteiger partial charge in [0, 0.05) is 24.9 Å². The zero-order valence-corrected chi connectivity index (χ0v) is 12.6. The Morgan fingerprint density at radius 1 is 1.12 bits per heavy atom. The van der Waals surface area contributed by atoms with Crippen molar-refractivity contribution in [1.82, 2.24) is 4.98 Å². The monoisotopic (exact) mass is 337 g/mol. The molecule has 0 fully saturated rings. The second-order valence-electron chi connectivity index (χ2n) is 4.99. The van der Waals surface area contributed by atoms with Crippen LogP contribution in [0.1, 0.15) is 18.1 Å². The summed E-state index contributed by atoms with van der Waals surface area (Å²) in [5.74, 6) is -0.701. The van der Waals surface area contributed by atoms with Crippen LogP contribution < -0.4 is 10.6 Å². The fourth-order valence-corrected chi connectivity index (χ4v) is 2.09. The standard InChI is InChI=1S/C16H14F3N3O2/c1-10(23)21-14-9-12(6-7-20-14)22-15(24)8-11-4-2-3-5-13(11)16(17,18)19/h2-7,9H,8H2,1H3,(H2,20,21,22,23,24). The average molecular weight is 337 g/mol. The summed E-state index contributed by atoms with van der Waals surface area (Å²) >= 11 is 0. The lowest BCUT2D eigenvalue weighted by Crippen LogP contribution is -2.18. The molecule has 126 valence electrons. The second kappa shape index (κ2) is 7.12. The van der Waals surface area contributed by atoms with Gasteiger partial charge in [-0.05, 0) is 17.7 Å². The molecule has 0 bridgehead atoms. The number of carbonyl (C=O) groups is 2. The zero-order chi connectivity index (χ0) is 17.7. The van der Waals surface area contributed by atoms with Crippen molar-refractivity contribution >= 4 is 23.3 Å². The minimum absolute atomic E-state index is 0.112. The summed E-state index contributed by atoms with van der Waals surface area (Å²) in [5, 5.41) is 4.93. The van der Waals surface area contributed by atoms with E-state index in [4.69, 9.17) is 0 Å². The van der Waals surface area contributed by atoms with Gasteiger partial charge in [0.05, 0.1) is 12.0 Å². The number of anilines is 2. The van der Waals surface area contributed by atoms with E-state index in [1.165, 1.54) is 43.5 Å². The van der Waals surface area contributed by atoms with Gasteiger partial charge in [-0.3, -0.25) is 9.59 Å². The average Bonchev–Trinajstić information content (AvgIpc) is 2.46. The van der Waals surface area contributed by atoms with Crippen molar-refractivity contribution in [2.75, 3.05) is 10.6 Å². The number of alkyl halides is 3. The smallest absolute Gasteiger partial charge is 0.326 e. The molecular weight excluding hydrogens is 323 g/mol. The number of aromatic nitrogens is 1. The van der Waals surface area contributed by atoms with Crippen LogP contribution in [0.25, 0.3) is 0 Å². The first-order chi connectivity index (χ1) is 11.3. The van der Waals surface area contributed by atoms with Crippen molar-refractivity contribution in [2.24, 2.45) is 0 Å². The van der Waals surface area contributed by atoms with Crippen LogP contribution in [0.4, 0.5) is 24.7 Å². The third-order valence-corrected chi connectivity index (χ3v) is 3.02. The van der Waals surface area contributed by atoms with Gasteiger partial charge in [0.2, 0.25) is 11.8 Å². The molecule has 2 rings (SSSR count). The van der Waals surface area contributed by atoms with Gasteiger partial charge in [0.1, 0.15) is 5.82 Å². The van der Waals surface area contributed by atoms with Gasteiger partial charge >= 0.3 is 6.18 Å². The highest BCUT2D eigenvalue weighted by atomic mass is 19.4. The summed E-state index contributed by atoms with van der Waals surface area (Å²) in [6, 6.07) is 7.79.